The first-order valence-electron chi connectivity index (χ1n) is 8.27. The Bertz CT molecular complexity index is 411. The van der Waals surface area contributed by atoms with Gasteiger partial charge in [0.1, 0.15) is 0 Å². The molecule has 2 heterocycles. The number of hydrogen-bond acceptors (Lipinski definition) is 4. The molecule has 0 aromatic carbocycles. The van der Waals surface area contributed by atoms with Gasteiger partial charge >= 0.3 is 0 Å². The summed E-state index contributed by atoms with van der Waals surface area (Å²) in [6.45, 7) is 12.8. The number of nitrogens with zero attached hydrogens (tertiary/aromatic N) is 1. The van der Waals surface area contributed by atoms with Gasteiger partial charge < -0.3 is 15.0 Å². The monoisotopic (exact) mass is 310 g/mol. The smallest absolute Gasteiger partial charge is 0.0728 e. The molecule has 3 nitrogen and oxygen atoms in total. The van der Waals surface area contributed by atoms with Crippen molar-refractivity contribution in [2.45, 2.75) is 59.2 Å². The molecule has 1 aliphatic heterocycles. The van der Waals surface area contributed by atoms with E-state index in [2.05, 4.69) is 37.1 Å². The molecule has 1 fully saturated rings. The number of nitrogens with one attached hydrogen (secondary N) is 1. The Labute approximate surface area is 133 Å². The lowest BCUT2D eigenvalue weighted by Crippen LogP contribution is -2.32. The van der Waals surface area contributed by atoms with E-state index in [0.717, 1.165) is 26.3 Å². The van der Waals surface area contributed by atoms with E-state index in [9.17, 15) is 0 Å². The fraction of sp³-hybridized carbons (Fsp3) is 0.765. The molecule has 0 aliphatic carbocycles. The number of likely N-dealkylation sites (tertiary alicyclic amines) is 1. The first kappa shape index (κ1) is 16.9. The van der Waals surface area contributed by atoms with Crippen LogP contribution in [-0.4, -0.2) is 37.2 Å². The predicted molar refractivity (Wildman–Crippen MR) is 91.0 cm³/mol. The number of piperidine rings is 1. The molecular weight excluding hydrogens is 280 g/mol. The third-order valence-electron chi connectivity index (χ3n) is 4.01. The van der Waals surface area contributed by atoms with Crippen molar-refractivity contribution in [3.05, 3.63) is 21.4 Å². The second-order valence-corrected chi connectivity index (χ2v) is 7.63. The van der Waals surface area contributed by atoms with Gasteiger partial charge in [0.2, 0.25) is 0 Å². The molecule has 1 aliphatic rings. The molecule has 0 unspecified atom stereocenters. The number of thiophene rings is 1. The van der Waals surface area contributed by atoms with Crippen molar-refractivity contribution in [2.75, 3.05) is 26.2 Å². The number of rotatable bonds is 8. The van der Waals surface area contributed by atoms with Crippen LogP contribution < -0.4 is 5.32 Å². The van der Waals surface area contributed by atoms with E-state index in [0.29, 0.717) is 6.04 Å². The van der Waals surface area contributed by atoms with Gasteiger partial charge in [0, 0.05) is 28.9 Å². The lowest BCUT2D eigenvalue weighted by molar-refractivity contribution is 0.0862. The molecule has 2 rings (SSSR count). The SMILES string of the molecule is Cc1sc(CNC(C)C)cc1COCCN1CCCCC1. The third kappa shape index (κ3) is 6.07. The van der Waals surface area contributed by atoms with Crippen LogP contribution in [-0.2, 0) is 17.9 Å². The molecule has 1 aromatic heterocycles. The van der Waals surface area contributed by atoms with Crippen molar-refractivity contribution in [1.82, 2.24) is 10.2 Å². The van der Waals surface area contributed by atoms with Crippen molar-refractivity contribution in [3.63, 3.8) is 0 Å². The second-order valence-electron chi connectivity index (χ2n) is 6.28. The summed E-state index contributed by atoms with van der Waals surface area (Å²) in [5.41, 5.74) is 1.36. The Morgan fingerprint density at radius 3 is 2.76 bits per heavy atom. The maximum atomic E-state index is 5.89. The summed E-state index contributed by atoms with van der Waals surface area (Å²) in [5, 5.41) is 3.48. The van der Waals surface area contributed by atoms with Gasteiger partial charge in [-0.25, -0.2) is 0 Å². The first-order valence-corrected chi connectivity index (χ1v) is 9.08. The minimum Gasteiger partial charge on any atom is -0.375 e. The zero-order chi connectivity index (χ0) is 15.1. The van der Waals surface area contributed by atoms with Crippen LogP contribution in [0, 0.1) is 6.92 Å². The highest BCUT2D eigenvalue weighted by Gasteiger charge is 2.10. The standard InChI is InChI=1S/C17H30N2OS/c1-14(2)18-12-17-11-16(15(3)21-17)13-20-10-9-19-7-5-4-6-8-19/h11,14,18H,4-10,12-13H2,1-3H3. The predicted octanol–water partition coefficient (Wildman–Crippen LogP) is 3.56. The van der Waals surface area contributed by atoms with Gasteiger partial charge in [-0.1, -0.05) is 20.3 Å². The lowest BCUT2D eigenvalue weighted by atomic mass is 10.1. The van der Waals surface area contributed by atoms with E-state index in [1.54, 1.807) is 0 Å². The molecule has 1 aromatic rings. The normalized spacial score (nSPS) is 16.8. The second kappa shape index (κ2) is 8.89. The van der Waals surface area contributed by atoms with E-state index in [-0.39, 0.29) is 0 Å². The highest BCUT2D eigenvalue weighted by Crippen LogP contribution is 2.22. The summed E-state index contributed by atoms with van der Waals surface area (Å²) in [4.78, 5) is 5.34. The number of hydrogen-bond donors (Lipinski definition) is 1. The lowest BCUT2D eigenvalue weighted by Gasteiger charge is -2.26. The molecule has 4 heteroatoms. The van der Waals surface area contributed by atoms with Crippen LogP contribution in [0.2, 0.25) is 0 Å². The van der Waals surface area contributed by atoms with Crippen LogP contribution in [0.4, 0.5) is 0 Å². The van der Waals surface area contributed by atoms with Gasteiger partial charge in [-0.05, 0) is 44.5 Å². The quantitative estimate of drug-likeness (QED) is 0.743. The van der Waals surface area contributed by atoms with E-state index in [4.69, 9.17) is 4.74 Å². The fourth-order valence-electron chi connectivity index (χ4n) is 2.68. The highest BCUT2D eigenvalue weighted by atomic mass is 32.1. The maximum Gasteiger partial charge on any atom is 0.0728 e. The van der Waals surface area contributed by atoms with Crippen molar-refractivity contribution in [1.29, 1.82) is 0 Å². The molecule has 0 radical (unpaired) electrons. The minimum absolute atomic E-state index is 0.539. The molecule has 0 amide bonds. The maximum absolute atomic E-state index is 5.89. The third-order valence-corrected chi connectivity index (χ3v) is 5.11. The molecule has 0 saturated carbocycles. The zero-order valence-electron chi connectivity index (χ0n) is 13.8. The van der Waals surface area contributed by atoms with Crippen LogP contribution in [0.5, 0.6) is 0 Å². The molecule has 21 heavy (non-hydrogen) atoms. The minimum atomic E-state index is 0.539. The summed E-state index contributed by atoms with van der Waals surface area (Å²) in [6, 6.07) is 2.84. The first-order chi connectivity index (χ1) is 10.1. The van der Waals surface area contributed by atoms with Gasteiger partial charge in [0.05, 0.1) is 13.2 Å². The average molecular weight is 311 g/mol. The molecule has 0 bridgehead atoms. The van der Waals surface area contributed by atoms with E-state index < -0.39 is 0 Å². The molecule has 120 valence electrons. The molecule has 1 N–H and O–H groups in total. The highest BCUT2D eigenvalue weighted by molar-refractivity contribution is 7.12. The summed E-state index contributed by atoms with van der Waals surface area (Å²) in [7, 11) is 0. The van der Waals surface area contributed by atoms with Crippen molar-refractivity contribution >= 4 is 11.3 Å². The van der Waals surface area contributed by atoms with Gasteiger partial charge in [-0.2, -0.15) is 0 Å². The van der Waals surface area contributed by atoms with Crippen molar-refractivity contribution in [3.8, 4) is 0 Å². The zero-order valence-corrected chi connectivity index (χ0v) is 14.6. The molecule has 0 spiro atoms. The summed E-state index contributed by atoms with van der Waals surface area (Å²) in [5.74, 6) is 0. The van der Waals surface area contributed by atoms with Crippen molar-refractivity contribution < 1.29 is 4.74 Å². The fourth-order valence-corrected chi connectivity index (χ4v) is 3.68. The van der Waals surface area contributed by atoms with Crippen LogP contribution in [0.25, 0.3) is 0 Å². The van der Waals surface area contributed by atoms with Gasteiger partial charge in [-0.3, -0.25) is 0 Å². The summed E-state index contributed by atoms with van der Waals surface area (Å²) < 4.78 is 5.89. The van der Waals surface area contributed by atoms with E-state index >= 15 is 0 Å². The van der Waals surface area contributed by atoms with Crippen LogP contribution in [0.1, 0.15) is 48.4 Å². The summed E-state index contributed by atoms with van der Waals surface area (Å²) in [6.07, 6.45) is 4.12. The Morgan fingerprint density at radius 1 is 1.29 bits per heavy atom. The Hall–Kier alpha value is -0.420. The van der Waals surface area contributed by atoms with E-state index in [1.807, 2.05) is 11.3 Å². The van der Waals surface area contributed by atoms with Crippen LogP contribution >= 0.6 is 11.3 Å². The largest absolute Gasteiger partial charge is 0.375 e. The average Bonchev–Trinajstić information content (AvgIpc) is 2.83. The Balaban J connectivity index is 1.67. The molecular formula is C17H30N2OS. The number of aryl methyl sites for hydroxylation is 1. The topological polar surface area (TPSA) is 24.5 Å². The van der Waals surface area contributed by atoms with E-state index in [1.165, 1.54) is 47.7 Å². The van der Waals surface area contributed by atoms with Crippen LogP contribution in [0.3, 0.4) is 0 Å². The summed E-state index contributed by atoms with van der Waals surface area (Å²) >= 11 is 1.89. The molecule has 0 atom stereocenters. The van der Waals surface area contributed by atoms with Crippen LogP contribution in [0.15, 0.2) is 6.07 Å². The number of ether oxygens (including phenoxy) is 1. The molecule has 1 saturated heterocycles. The van der Waals surface area contributed by atoms with Gasteiger partial charge in [0.25, 0.3) is 0 Å². The Morgan fingerprint density at radius 2 is 2.05 bits per heavy atom. The van der Waals surface area contributed by atoms with Gasteiger partial charge in [-0.15, -0.1) is 11.3 Å². The van der Waals surface area contributed by atoms with Gasteiger partial charge in [0.15, 0.2) is 0 Å². The Kier molecular flexibility index (Phi) is 7.17. The van der Waals surface area contributed by atoms with Crippen molar-refractivity contribution in [2.24, 2.45) is 0 Å².